The Morgan fingerprint density at radius 1 is 1.13 bits per heavy atom. The molecule has 1 aliphatic carbocycles. The second kappa shape index (κ2) is 8.48. The van der Waals surface area contributed by atoms with E-state index >= 15 is 0 Å². The zero-order chi connectivity index (χ0) is 28.2. The van der Waals surface area contributed by atoms with Gasteiger partial charge in [0.25, 0.3) is 0 Å². The summed E-state index contributed by atoms with van der Waals surface area (Å²) in [7, 11) is -10.2. The van der Waals surface area contributed by atoms with Crippen LogP contribution in [0.1, 0.15) is 29.7 Å². The van der Waals surface area contributed by atoms with Crippen LogP contribution in [0.3, 0.4) is 0 Å². The van der Waals surface area contributed by atoms with E-state index in [0.29, 0.717) is 10.2 Å². The molecule has 202 valence electrons. The molecule has 1 amide bonds. The van der Waals surface area contributed by atoms with Gasteiger partial charge in [-0.1, -0.05) is 73.0 Å². The summed E-state index contributed by atoms with van der Waals surface area (Å²) in [5, 5.41) is 23.7. The van der Waals surface area contributed by atoms with Crippen LogP contribution >= 0.6 is 33.4 Å². The molecule has 2 N–H and O–H groups in total. The van der Waals surface area contributed by atoms with Crippen molar-refractivity contribution in [3.05, 3.63) is 69.3 Å². The van der Waals surface area contributed by atoms with Crippen molar-refractivity contribution in [1.29, 1.82) is 5.26 Å². The van der Waals surface area contributed by atoms with Crippen molar-refractivity contribution < 1.29 is 38.9 Å². The van der Waals surface area contributed by atoms with Crippen molar-refractivity contribution >= 4 is 51.3 Å². The highest BCUT2D eigenvalue weighted by Crippen LogP contribution is 3.02. The zero-order valence-electron chi connectivity index (χ0n) is 18.7. The first kappa shape index (κ1) is 27.5. The van der Waals surface area contributed by atoms with Crippen molar-refractivity contribution in [1.82, 2.24) is 9.78 Å². The fourth-order valence-corrected chi connectivity index (χ4v) is 5.20. The van der Waals surface area contributed by atoms with Crippen LogP contribution in [-0.4, -0.2) is 26.9 Å². The number of aliphatic carboxylic acids is 1. The number of anilines is 1. The number of aromatic nitrogens is 2. The Balaban J connectivity index is 1.85. The molecule has 4 rings (SSSR count). The van der Waals surface area contributed by atoms with Crippen LogP contribution in [0.5, 0.6) is 0 Å². The first-order chi connectivity index (χ1) is 17.5. The van der Waals surface area contributed by atoms with Crippen LogP contribution in [0.2, 0.25) is 10.0 Å². The second-order valence-corrected chi connectivity index (χ2v) is 11.6. The number of carboxylic acid groups (broad SMARTS) is 1. The highest BCUT2D eigenvalue weighted by Gasteiger charge is 2.65. The van der Waals surface area contributed by atoms with E-state index in [9.17, 15) is 39.4 Å². The molecule has 16 heteroatoms. The number of nitrogens with one attached hydrogen (secondary N) is 1. The highest BCUT2D eigenvalue weighted by atomic mass is 35.5. The van der Waals surface area contributed by atoms with Crippen LogP contribution in [0.15, 0.2) is 47.4 Å². The van der Waals surface area contributed by atoms with Crippen LogP contribution in [-0.2, 0) is 21.6 Å². The lowest BCUT2D eigenvalue weighted by Gasteiger charge is -2.40. The fraction of sp³-hybridized carbons (Fsp3) is 0.182. The van der Waals surface area contributed by atoms with Crippen LogP contribution < -0.4 is 5.32 Å². The highest BCUT2D eigenvalue weighted by molar-refractivity contribution is 8.45. The number of halogens is 7. The predicted molar refractivity (Wildman–Crippen MR) is 128 cm³/mol. The molecule has 0 unspecified atom stereocenters. The minimum absolute atomic E-state index is 0.0427. The number of carbonyl (C=O) groups excluding carboxylic acids is 1. The summed E-state index contributed by atoms with van der Waals surface area (Å²) in [6.07, 6.45) is -1.06. The minimum Gasteiger partial charge on any atom is -0.481 e. The molecule has 0 bridgehead atoms. The van der Waals surface area contributed by atoms with E-state index in [-0.39, 0.29) is 37.1 Å². The number of nitrogens with zero attached hydrogens (tertiary/aromatic N) is 3. The van der Waals surface area contributed by atoms with Gasteiger partial charge in [-0.15, -0.1) is 0 Å². The maximum absolute atomic E-state index is 13.4. The Labute approximate surface area is 221 Å². The monoisotopic (exact) mass is 596 g/mol. The van der Waals surface area contributed by atoms with Crippen molar-refractivity contribution in [2.45, 2.75) is 29.8 Å². The Kier molecular flexibility index (Phi) is 6.14. The maximum Gasteiger partial charge on any atom is 0.413 e. The van der Waals surface area contributed by atoms with Crippen LogP contribution in [0.25, 0.3) is 5.69 Å². The average molecular weight is 597 g/mol. The molecule has 0 spiro atoms. The Bertz CT molecular complexity index is 1500. The van der Waals surface area contributed by atoms with Gasteiger partial charge in [0.2, 0.25) is 0 Å². The molecule has 8 nitrogen and oxygen atoms in total. The minimum atomic E-state index is -10.2. The topological polar surface area (TPSA) is 117 Å². The summed E-state index contributed by atoms with van der Waals surface area (Å²) >= 11 is 11.9. The molecule has 0 atom stereocenters. The van der Waals surface area contributed by atoms with Crippen molar-refractivity contribution in [2.75, 3.05) is 5.32 Å². The Morgan fingerprint density at radius 2 is 1.71 bits per heavy atom. The van der Waals surface area contributed by atoms with Gasteiger partial charge in [-0.25, -0.2) is 9.48 Å². The third-order valence-corrected chi connectivity index (χ3v) is 7.41. The fourth-order valence-electron chi connectivity index (χ4n) is 3.75. The number of amides is 1. The number of carboxylic acids is 1. The van der Waals surface area contributed by atoms with Gasteiger partial charge in [0.15, 0.2) is 5.69 Å². The molecule has 1 heterocycles. The lowest BCUT2D eigenvalue weighted by molar-refractivity contribution is -0.140. The van der Waals surface area contributed by atoms with E-state index in [1.54, 1.807) is 36.4 Å². The molecule has 1 aromatic heterocycles. The van der Waals surface area contributed by atoms with Crippen LogP contribution in [0, 0.1) is 11.3 Å². The Morgan fingerprint density at radius 3 is 2.18 bits per heavy atom. The zero-order valence-corrected chi connectivity index (χ0v) is 21.1. The molecule has 0 saturated heterocycles. The quantitative estimate of drug-likeness (QED) is 0.271. The number of carbonyl (C=O) groups is 2. The van der Waals surface area contributed by atoms with E-state index in [0.717, 1.165) is 0 Å². The number of benzene rings is 2. The molecule has 0 aliphatic heterocycles. The molecule has 38 heavy (non-hydrogen) atoms. The SMILES string of the molecule is N#Cc1nn(-c2c(Cl)cc(S(F)(F)(F)(F)F)cc2Cl)c(NC(=O)OCc2ccccc2)c1C1(C(=O)O)CC1. The summed E-state index contributed by atoms with van der Waals surface area (Å²) in [5.74, 6) is -1.84. The number of hydrogen-bond acceptors (Lipinski definition) is 5. The van der Waals surface area contributed by atoms with Crippen molar-refractivity contribution in [3.8, 4) is 11.8 Å². The summed E-state index contributed by atoms with van der Waals surface area (Å²) in [6.45, 7) is -0.217. The van der Waals surface area contributed by atoms with Gasteiger partial charge in [0, 0.05) is 0 Å². The van der Waals surface area contributed by atoms with Crippen LogP contribution in [0.4, 0.5) is 30.0 Å². The number of nitriles is 1. The molecular weight excluding hydrogens is 582 g/mol. The van der Waals surface area contributed by atoms with Gasteiger partial charge < -0.3 is 9.84 Å². The molecule has 1 aliphatic rings. The molecule has 0 radical (unpaired) electrons. The van der Waals surface area contributed by atoms with Gasteiger partial charge in [0.05, 0.1) is 21.0 Å². The second-order valence-electron chi connectivity index (χ2n) is 8.37. The standard InChI is InChI=1S/C22H15Cl2F5N4O4S/c23-14-8-13(38(25,26,27,28)29)9-15(24)18(14)33-19(31-21(36)37-11-12-4-2-1-3-5-12)17(16(10-30)32-33)22(6-7-22)20(34)35/h1-5,8-9H,6-7,11H2,(H,31,36)(H,34,35). The van der Waals surface area contributed by atoms with Gasteiger partial charge >= 0.3 is 22.3 Å². The number of ether oxygens (including phenoxy) is 1. The maximum atomic E-state index is 13.4. The third kappa shape index (κ3) is 5.22. The largest absolute Gasteiger partial charge is 0.481 e. The molecule has 2 aromatic carbocycles. The first-order valence-corrected chi connectivity index (χ1v) is 13.2. The van der Waals surface area contributed by atoms with E-state index in [1.165, 1.54) is 0 Å². The normalized spacial score (nSPS) is 16.1. The predicted octanol–water partition coefficient (Wildman–Crippen LogP) is 7.57. The van der Waals surface area contributed by atoms with Crippen molar-refractivity contribution in [2.24, 2.45) is 0 Å². The smallest absolute Gasteiger partial charge is 0.413 e. The Hall–Kier alpha value is -3.54. The van der Waals surface area contributed by atoms with E-state index in [4.69, 9.17) is 27.9 Å². The summed E-state index contributed by atoms with van der Waals surface area (Å²) in [5.41, 5.74) is -2.45. The summed E-state index contributed by atoms with van der Waals surface area (Å²) < 4.78 is 72.6. The molecule has 1 fully saturated rings. The van der Waals surface area contributed by atoms with Gasteiger partial charge in [0.1, 0.15) is 29.1 Å². The van der Waals surface area contributed by atoms with Gasteiger partial charge in [-0.3, -0.25) is 10.1 Å². The van der Waals surface area contributed by atoms with Gasteiger partial charge in [-0.2, -0.15) is 10.4 Å². The van der Waals surface area contributed by atoms with E-state index in [2.05, 4.69) is 10.4 Å². The first-order valence-electron chi connectivity index (χ1n) is 10.4. The number of hydrogen-bond donors (Lipinski definition) is 2. The van der Waals surface area contributed by atoms with Gasteiger partial charge in [-0.05, 0) is 30.5 Å². The van der Waals surface area contributed by atoms with Crippen molar-refractivity contribution in [3.63, 3.8) is 0 Å². The summed E-state index contributed by atoms with van der Waals surface area (Å²) in [6, 6.07) is 9.95. The third-order valence-electron chi connectivity index (χ3n) is 5.71. The molecule has 3 aromatic rings. The average Bonchev–Trinajstić information content (AvgIpc) is 3.54. The summed E-state index contributed by atoms with van der Waals surface area (Å²) in [4.78, 5) is 22.3. The lowest BCUT2D eigenvalue weighted by Crippen LogP contribution is -2.24. The van der Waals surface area contributed by atoms with E-state index < -0.39 is 59.8 Å². The van der Waals surface area contributed by atoms with E-state index in [1.807, 2.05) is 0 Å². The number of rotatable bonds is 7. The lowest BCUT2D eigenvalue weighted by atomic mass is 9.95. The molecular formula is C22H15Cl2F5N4O4S. The molecule has 1 saturated carbocycles.